The number of amides is 4. The van der Waals surface area contributed by atoms with Gasteiger partial charge in [-0.05, 0) is 82.2 Å². The molecule has 0 radical (unpaired) electrons. The molecule has 0 spiro atoms. The van der Waals surface area contributed by atoms with Gasteiger partial charge in [0.1, 0.15) is 61.7 Å². The first-order valence-electron chi connectivity index (χ1n) is 39.9. The number of imidazole rings is 4. The molecule has 0 saturated carbocycles. The van der Waals surface area contributed by atoms with E-state index in [0.29, 0.717) is 22.4 Å². The normalized spacial score (nSPS) is 26.9. The van der Waals surface area contributed by atoms with E-state index in [4.69, 9.17) is 99.6 Å². The number of benzene rings is 3. The van der Waals surface area contributed by atoms with Crippen molar-refractivity contribution in [2.75, 3.05) is 60.9 Å². The molecule has 8 N–H and O–H groups in total. The number of ether oxygens (including phenoxy) is 4. The Kier molecular flexibility index (Phi) is 33.3. The zero-order valence-corrected chi connectivity index (χ0v) is 76.2. The van der Waals surface area contributed by atoms with Gasteiger partial charge in [0.05, 0.1) is 108 Å². The number of halogens is 2. The molecule has 6 fully saturated rings. The fourth-order valence-corrected chi connectivity index (χ4v) is 22.5. The number of fused-ring (bicyclic) bond motifs is 11. The number of hydrogen-bond donors (Lipinski definition) is 8. The van der Waals surface area contributed by atoms with E-state index in [1.165, 1.54) is 51.1 Å². The number of rotatable bonds is 18. The maximum atomic E-state index is 16.5. The first-order chi connectivity index (χ1) is 63.0. The molecule has 0 aliphatic carbocycles. The van der Waals surface area contributed by atoms with E-state index < -0.39 is 181 Å². The summed E-state index contributed by atoms with van der Waals surface area (Å²) in [4.78, 5) is 158. The summed E-state index contributed by atoms with van der Waals surface area (Å²) < 4.78 is 124. The standard InChI is InChI=1S/C34H36FN11O11P2S2.C34H36FN11O11P2S.C7H4OS2.3CH4/c1-17(2)30(47)43-34-42-29-25(32(49)44-34)40-16-46(29)33-26-23(35)21(55-33)13-53-59(61,51-10-6-9-36)56-19-11-22(54-20(19)12-52-58(50,60)57-26)45-15-39-24-27(37-14-38-28(24)45)41-31(48)18-7-4-3-5-8-18;1-17(2)30(47)43-34-42-29-25(32(49)44-34)40-16-46(29)33-26-23(35)21(55-33)13-53-59(60,52-10-6-9-36)57-19-11-22(54-20(19)12-51-58(50)56-26)45-15-39-24-27(37-14-38-28(24)45)41-31(48)18-7-4-3-5-8-18;8-7-5-3-1-2-4-6(5)9-10-7;;;/h3-5,7-8,14-17,19-23,26,33H,6,10-13H2,1-2H3,(H,50,60)(H,37,38,41,48)(H2,42,43,44,47,49);3-5,7-8,14-17,19-23,26,33,50H,6,10-13H2,1-2H3,(H,37,38,41,48)(H2,42,43,44,47,49);1-4H;3*1H4/t2*19-,20+,21+,22+,23+,26+,33+,58?,59?;;;;/m00..../s1. The molecule has 18 atom stereocenters. The van der Waals surface area contributed by atoms with E-state index in [1.807, 2.05) is 36.4 Å². The van der Waals surface area contributed by atoms with Gasteiger partial charge in [-0.25, -0.2) is 48.7 Å². The van der Waals surface area contributed by atoms with Crippen molar-refractivity contribution in [3.8, 4) is 12.1 Å². The quantitative estimate of drug-likeness (QED) is 0.0225. The van der Waals surface area contributed by atoms with Crippen LogP contribution in [0.2, 0.25) is 0 Å². The number of alkyl halides is 2. The number of anilines is 4. The number of aromatic nitrogens is 16. The minimum Gasteiger partial charge on any atom is -0.349 e. The van der Waals surface area contributed by atoms with Crippen molar-refractivity contribution in [2.45, 2.75) is 162 Å². The van der Waals surface area contributed by atoms with Gasteiger partial charge in [0, 0.05) is 40.5 Å². The van der Waals surface area contributed by atoms with Crippen LogP contribution in [0.25, 0.3) is 54.7 Å². The number of H-pyrrole nitrogens is 2. The fourth-order valence-electron chi connectivity index (χ4n) is 14.0. The highest BCUT2D eigenvalue weighted by molar-refractivity contribution is 8.08. The van der Waals surface area contributed by atoms with Crippen LogP contribution in [0.15, 0.2) is 137 Å². The number of nitrogens with zero attached hydrogens (tertiary/aromatic N) is 16. The Morgan fingerprint density at radius 3 is 1.45 bits per heavy atom. The van der Waals surface area contributed by atoms with Crippen LogP contribution >= 0.6 is 49.4 Å². The molecule has 6 aliphatic rings. The highest BCUT2D eigenvalue weighted by Gasteiger charge is 2.54. The lowest BCUT2D eigenvalue weighted by Gasteiger charge is -2.29. The average Bonchev–Trinajstić information content (AvgIpc) is 1.62. The second-order valence-corrected chi connectivity index (χ2v) is 41.7. The molecule has 6 aliphatic heterocycles. The molecule has 3 aromatic carbocycles. The van der Waals surface area contributed by atoms with E-state index in [0.717, 1.165) is 16.4 Å². The average molecular weight is 2020 g/mol. The van der Waals surface area contributed by atoms with Gasteiger partial charge in [-0.15, -0.1) is 0 Å². The van der Waals surface area contributed by atoms with Gasteiger partial charge in [0.2, 0.25) is 23.7 Å². The first kappa shape index (κ1) is 101. The number of nitrogens with one attached hydrogen (secondary N) is 6. The lowest BCUT2D eigenvalue weighted by Crippen LogP contribution is -2.32. The van der Waals surface area contributed by atoms with Crippen LogP contribution in [-0.4, -0.2) is 212 Å². The molecule has 18 rings (SSSR count). The minimum atomic E-state index is -4.36. The number of carbonyl (C=O) groups excluding carboxylic acids is 4. The number of hydrogen-bond acceptors (Lipinski definition) is 39. The number of aromatic amines is 2. The van der Waals surface area contributed by atoms with Crippen LogP contribution in [-0.2, 0) is 109 Å². The minimum absolute atomic E-state index is 0. The Hall–Kier alpha value is -9.97. The molecule has 4 unspecified atom stereocenters. The van der Waals surface area contributed by atoms with Crippen LogP contribution in [0.1, 0.15) is 121 Å². The maximum Gasteiger partial charge on any atom is 0.330 e. The molecular formula is C78H88F2N22O23P4S5. The third-order valence-corrected chi connectivity index (χ3v) is 29.8. The lowest BCUT2D eigenvalue weighted by atomic mass is 10.1. The fraction of sp³-hybridized carbons (Fsp3) is 0.423. The third kappa shape index (κ3) is 22.8. The predicted octanol–water partition coefficient (Wildman–Crippen LogP) is 11.3. The van der Waals surface area contributed by atoms with E-state index in [9.17, 15) is 53.9 Å². The maximum absolute atomic E-state index is 16.5. The Bertz CT molecular complexity index is 6700. The van der Waals surface area contributed by atoms with Crippen molar-refractivity contribution in [1.29, 1.82) is 10.5 Å². The van der Waals surface area contributed by atoms with E-state index >= 15 is 8.78 Å². The van der Waals surface area contributed by atoms with Crippen molar-refractivity contribution in [1.82, 2.24) is 78.1 Å². The molecule has 4 bridgehead atoms. The molecule has 9 aromatic heterocycles. The van der Waals surface area contributed by atoms with E-state index in [2.05, 4.69) is 81.1 Å². The molecule has 15 heterocycles. The zero-order valence-electron chi connectivity index (χ0n) is 68.6. The summed E-state index contributed by atoms with van der Waals surface area (Å²) in [6.07, 6.45) is -10.9. The van der Waals surface area contributed by atoms with Crippen LogP contribution in [0.3, 0.4) is 0 Å². The molecule has 45 nitrogen and oxygen atoms in total. The topological polar surface area (TPSA) is 565 Å². The first-order valence-corrected chi connectivity index (χ1v) is 50.8. The molecule has 6 saturated heterocycles. The summed E-state index contributed by atoms with van der Waals surface area (Å²) >= 11 is 17.0. The van der Waals surface area contributed by atoms with Crippen molar-refractivity contribution in [3.05, 3.63) is 164 Å². The van der Waals surface area contributed by atoms with E-state index in [-0.39, 0.29) is 129 Å². The monoisotopic (exact) mass is 2020 g/mol. The van der Waals surface area contributed by atoms with Gasteiger partial charge in [0.15, 0.2) is 81.1 Å². The summed E-state index contributed by atoms with van der Waals surface area (Å²) in [5, 5.41) is 29.9. The Morgan fingerprint density at radius 1 is 0.545 bits per heavy atom. The van der Waals surface area contributed by atoms with Gasteiger partial charge in [-0.1, -0.05) is 109 Å². The number of carbonyl (C=O) groups is 4. The summed E-state index contributed by atoms with van der Waals surface area (Å²) in [6.45, 7) is -7.75. The van der Waals surface area contributed by atoms with Gasteiger partial charge < -0.3 is 80.1 Å². The van der Waals surface area contributed by atoms with Crippen molar-refractivity contribution in [2.24, 2.45) is 11.8 Å². The van der Waals surface area contributed by atoms with Crippen LogP contribution in [0.5, 0.6) is 0 Å². The molecule has 4 amide bonds. The van der Waals surface area contributed by atoms with Gasteiger partial charge in [-0.2, -0.15) is 20.5 Å². The molecule has 712 valence electrons. The molecule has 56 heteroatoms. The SMILES string of the molecule is C.C.C.CC(C)C(=O)Nc1nc2c(ncn2[C@@H]2O[C@@H]3COP(=S)(OCCC#N)O[C@H]4C[C@H](n5cnc6c(NC(=O)c7ccccc7)ncnc65)O[C@@H]4COP(O)(=S)O[C@@H]2[C@@H]3F)c(=O)[nH]1.CC(C)C(=O)Nc1nc2c(ncn2[C@@H]2O[C@@H]3COP(=S)(OCCC#N)O[C@H]4C[C@H](n5cnc6c(NC(=O)c7ccccc7)ncnc65)O[C@@H]4COP(O)O[C@@H]2[C@@H]3F)c(=O)[nH]1.O=c1ssc2ccccc12. The lowest BCUT2D eigenvalue weighted by molar-refractivity contribution is -0.119. The van der Waals surface area contributed by atoms with Gasteiger partial charge >= 0.3 is 28.8 Å². The van der Waals surface area contributed by atoms with Crippen LogP contribution < -0.4 is 37.1 Å². The Labute approximate surface area is 783 Å². The zero-order chi connectivity index (χ0) is 92.2. The van der Waals surface area contributed by atoms with Gasteiger partial charge in [0.25, 0.3) is 27.7 Å². The van der Waals surface area contributed by atoms with Crippen molar-refractivity contribution >= 4 is 187 Å². The second kappa shape index (κ2) is 44.0. The van der Waals surface area contributed by atoms with Crippen LogP contribution in [0, 0.1) is 34.5 Å². The largest absolute Gasteiger partial charge is 0.349 e. The number of nitriles is 2. The van der Waals surface area contributed by atoms with Crippen LogP contribution in [0.4, 0.5) is 32.3 Å². The highest BCUT2D eigenvalue weighted by atomic mass is 32.9. The van der Waals surface area contributed by atoms with Gasteiger partial charge in [-0.3, -0.25) is 77.0 Å². The summed E-state index contributed by atoms with van der Waals surface area (Å²) in [5.74, 6) is -2.63. The molecular weight excluding hydrogens is 1940 g/mol. The third-order valence-electron chi connectivity index (χ3n) is 20.5. The molecule has 134 heavy (non-hydrogen) atoms. The summed E-state index contributed by atoms with van der Waals surface area (Å²) in [5.41, 5.74) is 0.0338. The highest BCUT2D eigenvalue weighted by Crippen LogP contribution is 2.59. The van der Waals surface area contributed by atoms with Crippen molar-refractivity contribution in [3.63, 3.8) is 0 Å². The Morgan fingerprint density at radius 2 is 0.978 bits per heavy atom. The predicted molar refractivity (Wildman–Crippen MR) is 493 cm³/mol. The Balaban J connectivity index is 0.000000201. The molecule has 12 aromatic rings. The summed E-state index contributed by atoms with van der Waals surface area (Å²) in [6, 6.07) is 28.7. The second-order valence-electron chi connectivity index (χ2n) is 29.9. The smallest absolute Gasteiger partial charge is 0.330 e. The summed E-state index contributed by atoms with van der Waals surface area (Å²) in [7, 11) is 0.0127. The van der Waals surface area contributed by atoms with E-state index in [1.54, 1.807) is 108 Å². The van der Waals surface area contributed by atoms with Crippen molar-refractivity contribution < 1.29 is 102 Å².